The smallest absolute Gasteiger partial charge is 0.258 e. The van der Waals surface area contributed by atoms with E-state index in [1.807, 2.05) is 18.2 Å². The largest absolute Gasteiger partial charge is 0.322 e. The van der Waals surface area contributed by atoms with Crippen molar-refractivity contribution in [3.8, 4) is 0 Å². The fraction of sp³-hybridized carbons (Fsp3) is 0.188. The summed E-state index contributed by atoms with van der Waals surface area (Å²) in [5.74, 6) is -0.649. The second-order valence-corrected chi connectivity index (χ2v) is 5.33. The predicted octanol–water partition coefficient (Wildman–Crippen LogP) is 4.90. The Morgan fingerprint density at radius 1 is 1.19 bits per heavy atom. The molecule has 0 aliphatic rings. The zero-order valence-electron chi connectivity index (χ0n) is 11.2. The molecule has 0 bridgehead atoms. The molecule has 0 saturated heterocycles. The minimum atomic E-state index is -0.713. The number of nitrogens with one attached hydrogen (secondary N) is 1. The summed E-state index contributed by atoms with van der Waals surface area (Å²) in [6, 6.07) is 11.7. The van der Waals surface area contributed by atoms with Gasteiger partial charge in [0.15, 0.2) is 5.82 Å². The number of anilines is 1. The molecule has 0 saturated carbocycles. The second kappa shape index (κ2) is 7.43. The Bertz CT molecular complexity index is 646. The van der Waals surface area contributed by atoms with E-state index in [0.717, 1.165) is 18.4 Å². The predicted molar refractivity (Wildman–Crippen MR) is 84.8 cm³/mol. The van der Waals surface area contributed by atoms with E-state index in [1.165, 1.54) is 18.2 Å². The van der Waals surface area contributed by atoms with Crippen molar-refractivity contribution in [1.82, 2.24) is 0 Å². The van der Waals surface area contributed by atoms with Crippen LogP contribution in [-0.2, 0) is 6.42 Å². The molecule has 21 heavy (non-hydrogen) atoms. The second-order valence-electron chi connectivity index (χ2n) is 4.55. The molecule has 0 spiro atoms. The Kier molecular flexibility index (Phi) is 5.59. The molecule has 110 valence electrons. The molecule has 5 heteroatoms. The summed E-state index contributed by atoms with van der Waals surface area (Å²) in [6.45, 7) is 0. The van der Waals surface area contributed by atoms with Crippen LogP contribution in [0.1, 0.15) is 22.3 Å². The van der Waals surface area contributed by atoms with Crippen molar-refractivity contribution in [1.29, 1.82) is 0 Å². The lowest BCUT2D eigenvalue weighted by atomic mass is 10.1. The maximum atomic E-state index is 13.8. The van der Waals surface area contributed by atoms with Crippen molar-refractivity contribution < 1.29 is 9.18 Å². The molecule has 0 radical (unpaired) electrons. The number of amides is 1. The highest BCUT2D eigenvalue weighted by molar-refractivity contribution is 6.31. The highest BCUT2D eigenvalue weighted by Gasteiger charge is 2.14. The highest BCUT2D eigenvalue weighted by Crippen LogP contribution is 2.20. The summed E-state index contributed by atoms with van der Waals surface area (Å²) in [5, 5.41) is 2.60. The van der Waals surface area contributed by atoms with Crippen LogP contribution in [0.3, 0.4) is 0 Å². The zero-order valence-corrected chi connectivity index (χ0v) is 12.7. The molecule has 1 N–H and O–H groups in total. The molecule has 0 aromatic heterocycles. The number of alkyl halides is 1. The molecule has 0 fully saturated rings. The van der Waals surface area contributed by atoms with Crippen molar-refractivity contribution in [2.45, 2.75) is 12.8 Å². The van der Waals surface area contributed by atoms with Crippen molar-refractivity contribution >= 4 is 34.8 Å². The molecule has 0 heterocycles. The van der Waals surface area contributed by atoms with Gasteiger partial charge in [0.25, 0.3) is 5.91 Å². The first-order valence-corrected chi connectivity index (χ1v) is 7.43. The Morgan fingerprint density at radius 3 is 2.71 bits per heavy atom. The van der Waals surface area contributed by atoms with Crippen molar-refractivity contribution in [2.75, 3.05) is 11.2 Å². The first kappa shape index (κ1) is 15.8. The number of carbonyl (C=O) groups is 1. The average Bonchev–Trinajstić information content (AvgIpc) is 2.48. The minimum absolute atomic E-state index is 0.0708. The van der Waals surface area contributed by atoms with Gasteiger partial charge in [-0.1, -0.05) is 29.8 Å². The van der Waals surface area contributed by atoms with Gasteiger partial charge in [-0.2, -0.15) is 0 Å². The van der Waals surface area contributed by atoms with Crippen LogP contribution in [0.5, 0.6) is 0 Å². The number of rotatable bonds is 5. The first-order chi connectivity index (χ1) is 10.1. The van der Waals surface area contributed by atoms with Gasteiger partial charge in [-0.15, -0.1) is 11.6 Å². The monoisotopic (exact) mass is 325 g/mol. The molecule has 0 aliphatic carbocycles. The van der Waals surface area contributed by atoms with Crippen LogP contribution in [0.15, 0.2) is 42.5 Å². The van der Waals surface area contributed by atoms with E-state index in [2.05, 4.69) is 5.32 Å². The quantitative estimate of drug-likeness (QED) is 0.778. The van der Waals surface area contributed by atoms with Gasteiger partial charge in [0.1, 0.15) is 0 Å². The topological polar surface area (TPSA) is 29.1 Å². The first-order valence-electron chi connectivity index (χ1n) is 6.52. The normalized spacial score (nSPS) is 10.4. The Morgan fingerprint density at radius 2 is 1.95 bits per heavy atom. The maximum absolute atomic E-state index is 13.8. The van der Waals surface area contributed by atoms with Crippen molar-refractivity contribution in [3.05, 3.63) is 64.4 Å². The molecular weight excluding hydrogens is 312 g/mol. The van der Waals surface area contributed by atoms with Crippen molar-refractivity contribution in [3.63, 3.8) is 0 Å². The summed E-state index contributed by atoms with van der Waals surface area (Å²) >= 11 is 11.3. The van der Waals surface area contributed by atoms with Crippen molar-refractivity contribution in [2.24, 2.45) is 0 Å². The third-order valence-corrected chi connectivity index (χ3v) is 3.54. The van der Waals surface area contributed by atoms with Crippen LogP contribution in [0.25, 0.3) is 0 Å². The Labute approximate surface area is 132 Å². The third kappa shape index (κ3) is 4.19. The lowest BCUT2D eigenvalue weighted by Gasteiger charge is -2.08. The van der Waals surface area contributed by atoms with E-state index in [9.17, 15) is 9.18 Å². The summed E-state index contributed by atoms with van der Waals surface area (Å²) in [6.07, 6.45) is 1.70. The van der Waals surface area contributed by atoms with Gasteiger partial charge in [-0.3, -0.25) is 4.79 Å². The highest BCUT2D eigenvalue weighted by atomic mass is 35.5. The molecular formula is C16H14Cl2FNO. The van der Waals surface area contributed by atoms with E-state index in [4.69, 9.17) is 23.2 Å². The van der Waals surface area contributed by atoms with E-state index in [0.29, 0.717) is 11.6 Å². The maximum Gasteiger partial charge on any atom is 0.258 e. The zero-order chi connectivity index (χ0) is 15.2. The molecule has 0 aliphatic heterocycles. The van der Waals surface area contributed by atoms with E-state index >= 15 is 0 Å². The number of hydrogen-bond acceptors (Lipinski definition) is 1. The van der Waals surface area contributed by atoms with Crippen LogP contribution in [0.2, 0.25) is 5.02 Å². The van der Waals surface area contributed by atoms with Crippen LogP contribution in [-0.4, -0.2) is 11.8 Å². The lowest BCUT2D eigenvalue weighted by Crippen LogP contribution is -2.14. The number of halogens is 3. The van der Waals surface area contributed by atoms with Gasteiger partial charge < -0.3 is 5.32 Å². The fourth-order valence-corrected chi connectivity index (χ4v) is 2.26. The van der Waals surface area contributed by atoms with Crippen LogP contribution in [0.4, 0.5) is 10.1 Å². The average molecular weight is 326 g/mol. The Hall–Kier alpha value is -1.58. The van der Waals surface area contributed by atoms with Gasteiger partial charge in [0.2, 0.25) is 0 Å². The summed E-state index contributed by atoms with van der Waals surface area (Å²) in [7, 11) is 0. The van der Waals surface area contributed by atoms with Crippen LogP contribution < -0.4 is 5.32 Å². The number of aryl methyl sites for hydroxylation is 1. The van der Waals surface area contributed by atoms with E-state index in [-0.39, 0.29) is 10.6 Å². The van der Waals surface area contributed by atoms with Crippen LogP contribution >= 0.6 is 23.2 Å². The third-order valence-electron chi connectivity index (χ3n) is 2.98. The van der Waals surface area contributed by atoms with Crippen LogP contribution in [0, 0.1) is 5.82 Å². The van der Waals surface area contributed by atoms with Gasteiger partial charge in [-0.25, -0.2) is 4.39 Å². The number of benzene rings is 2. The SMILES string of the molecule is O=C(Nc1cccc(CCCCl)c1)c1cccc(Cl)c1F. The van der Waals surface area contributed by atoms with E-state index < -0.39 is 11.7 Å². The number of carbonyl (C=O) groups excluding carboxylic acids is 1. The number of hydrogen-bond donors (Lipinski definition) is 1. The minimum Gasteiger partial charge on any atom is -0.322 e. The Balaban J connectivity index is 2.14. The standard InChI is InChI=1S/C16H14Cl2FNO/c17-9-3-5-11-4-1-6-12(10-11)20-16(21)13-7-2-8-14(18)15(13)19/h1-2,4,6-8,10H,3,5,9H2,(H,20,21). The van der Waals surface area contributed by atoms with Gasteiger partial charge in [0.05, 0.1) is 10.6 Å². The van der Waals surface area contributed by atoms with Gasteiger partial charge in [-0.05, 0) is 42.7 Å². The molecule has 1 amide bonds. The molecule has 2 aromatic carbocycles. The summed E-state index contributed by atoms with van der Waals surface area (Å²) < 4.78 is 13.8. The summed E-state index contributed by atoms with van der Waals surface area (Å²) in [4.78, 5) is 12.1. The summed E-state index contributed by atoms with van der Waals surface area (Å²) in [5.41, 5.74) is 1.61. The molecule has 0 unspecified atom stereocenters. The van der Waals surface area contributed by atoms with E-state index in [1.54, 1.807) is 6.07 Å². The lowest BCUT2D eigenvalue weighted by molar-refractivity contribution is 0.102. The fourth-order valence-electron chi connectivity index (χ4n) is 1.95. The molecule has 2 nitrogen and oxygen atoms in total. The van der Waals surface area contributed by atoms with Gasteiger partial charge in [0, 0.05) is 11.6 Å². The molecule has 2 aromatic rings. The van der Waals surface area contributed by atoms with Gasteiger partial charge >= 0.3 is 0 Å². The molecule has 0 atom stereocenters. The molecule has 2 rings (SSSR count).